The van der Waals surface area contributed by atoms with Gasteiger partial charge in [0.15, 0.2) is 0 Å². The molecule has 2 aromatic rings. The molecular formula is C16H18N2O3. The number of methoxy groups -OCH3 is 1. The second-order valence-electron chi connectivity index (χ2n) is 4.50. The third-order valence-corrected chi connectivity index (χ3v) is 2.96. The SMILES string of the molecule is COC(=O)c1ccc(COc2cccc(CCN)c2)nc1. The van der Waals surface area contributed by atoms with Gasteiger partial charge in [-0.05, 0) is 42.8 Å². The largest absolute Gasteiger partial charge is 0.487 e. The molecule has 0 fully saturated rings. The summed E-state index contributed by atoms with van der Waals surface area (Å²) in [6.07, 6.45) is 2.30. The zero-order valence-electron chi connectivity index (χ0n) is 11.9. The normalized spacial score (nSPS) is 10.2. The van der Waals surface area contributed by atoms with Crippen LogP contribution in [-0.2, 0) is 17.8 Å². The van der Waals surface area contributed by atoms with E-state index in [2.05, 4.69) is 9.72 Å². The summed E-state index contributed by atoms with van der Waals surface area (Å²) < 4.78 is 10.3. The van der Waals surface area contributed by atoms with E-state index in [0.29, 0.717) is 18.7 Å². The first-order valence-corrected chi connectivity index (χ1v) is 6.68. The Morgan fingerprint density at radius 3 is 2.81 bits per heavy atom. The first-order valence-electron chi connectivity index (χ1n) is 6.68. The van der Waals surface area contributed by atoms with Crippen LogP contribution < -0.4 is 10.5 Å². The lowest BCUT2D eigenvalue weighted by Crippen LogP contribution is -2.05. The van der Waals surface area contributed by atoms with Gasteiger partial charge in [0.1, 0.15) is 12.4 Å². The molecule has 0 aliphatic carbocycles. The Morgan fingerprint density at radius 2 is 2.14 bits per heavy atom. The van der Waals surface area contributed by atoms with Gasteiger partial charge in [-0.15, -0.1) is 0 Å². The van der Waals surface area contributed by atoms with Gasteiger partial charge >= 0.3 is 5.97 Å². The van der Waals surface area contributed by atoms with E-state index in [1.165, 1.54) is 13.3 Å². The number of aromatic nitrogens is 1. The summed E-state index contributed by atoms with van der Waals surface area (Å²) in [6, 6.07) is 11.2. The number of benzene rings is 1. The zero-order valence-corrected chi connectivity index (χ0v) is 11.9. The van der Waals surface area contributed by atoms with Gasteiger partial charge in [0, 0.05) is 6.20 Å². The Hall–Kier alpha value is -2.40. The van der Waals surface area contributed by atoms with E-state index < -0.39 is 5.97 Å². The number of hydrogen-bond donors (Lipinski definition) is 1. The molecule has 0 bridgehead atoms. The number of nitrogens with zero attached hydrogens (tertiary/aromatic N) is 1. The Balaban J connectivity index is 1.96. The minimum absolute atomic E-state index is 0.341. The summed E-state index contributed by atoms with van der Waals surface area (Å²) in [5, 5.41) is 0. The highest BCUT2D eigenvalue weighted by Crippen LogP contribution is 2.15. The van der Waals surface area contributed by atoms with Crippen LogP contribution in [0.2, 0.25) is 0 Å². The standard InChI is InChI=1S/C16H18N2O3/c1-20-16(19)13-5-6-14(18-10-13)11-21-15-4-2-3-12(9-15)7-8-17/h2-6,9-10H,7-8,11,17H2,1H3. The van der Waals surface area contributed by atoms with Gasteiger partial charge < -0.3 is 15.2 Å². The van der Waals surface area contributed by atoms with Crippen LogP contribution in [0.3, 0.4) is 0 Å². The molecular weight excluding hydrogens is 268 g/mol. The Bertz CT molecular complexity index is 597. The highest BCUT2D eigenvalue weighted by atomic mass is 16.5. The van der Waals surface area contributed by atoms with Crippen molar-refractivity contribution in [2.45, 2.75) is 13.0 Å². The monoisotopic (exact) mass is 286 g/mol. The molecule has 5 nitrogen and oxygen atoms in total. The van der Waals surface area contributed by atoms with E-state index in [1.807, 2.05) is 24.3 Å². The molecule has 0 aliphatic heterocycles. The van der Waals surface area contributed by atoms with Crippen LogP contribution in [0, 0.1) is 0 Å². The topological polar surface area (TPSA) is 74.4 Å². The predicted octanol–water partition coefficient (Wildman–Crippen LogP) is 1.95. The van der Waals surface area contributed by atoms with Crippen molar-refractivity contribution in [3.05, 3.63) is 59.4 Å². The first kappa shape index (κ1) is 15.0. The van der Waals surface area contributed by atoms with Gasteiger partial charge in [0.2, 0.25) is 0 Å². The molecule has 1 heterocycles. The van der Waals surface area contributed by atoms with Crippen LogP contribution in [0.4, 0.5) is 0 Å². The molecule has 0 radical (unpaired) electrons. The number of ether oxygens (including phenoxy) is 2. The molecule has 0 atom stereocenters. The lowest BCUT2D eigenvalue weighted by molar-refractivity contribution is 0.0600. The summed E-state index contributed by atoms with van der Waals surface area (Å²) in [5.74, 6) is 0.379. The number of carbonyl (C=O) groups excluding carboxylic acids is 1. The van der Waals surface area contributed by atoms with Crippen LogP contribution in [0.25, 0.3) is 0 Å². The zero-order chi connectivity index (χ0) is 15.1. The molecule has 2 rings (SSSR count). The van der Waals surface area contributed by atoms with Crippen molar-refractivity contribution in [2.75, 3.05) is 13.7 Å². The van der Waals surface area contributed by atoms with Gasteiger partial charge in [-0.1, -0.05) is 12.1 Å². The van der Waals surface area contributed by atoms with Gasteiger partial charge in [0.25, 0.3) is 0 Å². The van der Waals surface area contributed by atoms with Crippen LogP contribution in [0.1, 0.15) is 21.6 Å². The number of nitrogens with two attached hydrogens (primary N) is 1. The van der Waals surface area contributed by atoms with Crippen LogP contribution >= 0.6 is 0 Å². The second-order valence-corrected chi connectivity index (χ2v) is 4.50. The maximum absolute atomic E-state index is 11.3. The molecule has 0 aliphatic rings. The predicted molar refractivity (Wildman–Crippen MR) is 79.1 cm³/mol. The van der Waals surface area contributed by atoms with E-state index >= 15 is 0 Å². The number of hydrogen-bond acceptors (Lipinski definition) is 5. The average Bonchev–Trinajstić information content (AvgIpc) is 2.53. The highest BCUT2D eigenvalue weighted by molar-refractivity contribution is 5.88. The molecule has 2 N–H and O–H groups in total. The molecule has 0 spiro atoms. The van der Waals surface area contributed by atoms with Crippen molar-refractivity contribution in [1.29, 1.82) is 0 Å². The minimum atomic E-state index is -0.399. The van der Waals surface area contributed by atoms with E-state index in [4.69, 9.17) is 10.5 Å². The lowest BCUT2D eigenvalue weighted by Gasteiger charge is -2.08. The maximum atomic E-state index is 11.3. The van der Waals surface area contributed by atoms with Crippen molar-refractivity contribution < 1.29 is 14.3 Å². The summed E-state index contributed by atoms with van der Waals surface area (Å²) in [6.45, 7) is 0.952. The molecule has 21 heavy (non-hydrogen) atoms. The van der Waals surface area contributed by atoms with Crippen molar-refractivity contribution in [3.63, 3.8) is 0 Å². The van der Waals surface area contributed by atoms with E-state index in [-0.39, 0.29) is 0 Å². The van der Waals surface area contributed by atoms with Gasteiger partial charge in [0.05, 0.1) is 18.4 Å². The van der Waals surface area contributed by atoms with E-state index in [9.17, 15) is 4.79 Å². The third kappa shape index (κ3) is 4.29. The molecule has 1 aromatic carbocycles. The quantitative estimate of drug-likeness (QED) is 0.821. The molecule has 0 unspecified atom stereocenters. The summed E-state index contributed by atoms with van der Waals surface area (Å²) in [5.41, 5.74) is 7.84. The van der Waals surface area contributed by atoms with Crippen molar-refractivity contribution in [3.8, 4) is 5.75 Å². The Morgan fingerprint density at radius 1 is 1.29 bits per heavy atom. The third-order valence-electron chi connectivity index (χ3n) is 2.96. The smallest absolute Gasteiger partial charge is 0.339 e. The van der Waals surface area contributed by atoms with E-state index in [1.54, 1.807) is 12.1 Å². The summed E-state index contributed by atoms with van der Waals surface area (Å²) in [7, 11) is 1.34. The first-order chi connectivity index (χ1) is 10.2. The summed E-state index contributed by atoms with van der Waals surface area (Å²) >= 11 is 0. The summed E-state index contributed by atoms with van der Waals surface area (Å²) in [4.78, 5) is 15.5. The van der Waals surface area contributed by atoms with Gasteiger partial charge in [-0.3, -0.25) is 4.98 Å². The van der Waals surface area contributed by atoms with Gasteiger partial charge in [-0.2, -0.15) is 0 Å². The van der Waals surface area contributed by atoms with Crippen LogP contribution in [0.15, 0.2) is 42.6 Å². The molecule has 1 aromatic heterocycles. The molecule has 5 heteroatoms. The molecule has 110 valence electrons. The van der Waals surface area contributed by atoms with Crippen molar-refractivity contribution in [2.24, 2.45) is 5.73 Å². The van der Waals surface area contributed by atoms with Crippen LogP contribution in [0.5, 0.6) is 5.75 Å². The Labute approximate surface area is 123 Å². The number of rotatable bonds is 6. The van der Waals surface area contributed by atoms with E-state index in [0.717, 1.165) is 23.4 Å². The van der Waals surface area contributed by atoms with Crippen molar-refractivity contribution >= 4 is 5.97 Å². The van der Waals surface area contributed by atoms with Crippen molar-refractivity contribution in [1.82, 2.24) is 4.98 Å². The van der Waals surface area contributed by atoms with Gasteiger partial charge in [-0.25, -0.2) is 4.79 Å². The number of pyridine rings is 1. The lowest BCUT2D eigenvalue weighted by atomic mass is 10.1. The number of esters is 1. The fraction of sp³-hybridized carbons (Fsp3) is 0.250. The average molecular weight is 286 g/mol. The van der Waals surface area contributed by atoms with Crippen LogP contribution in [-0.4, -0.2) is 24.6 Å². The molecule has 0 amide bonds. The fourth-order valence-electron chi connectivity index (χ4n) is 1.86. The molecule has 0 saturated heterocycles. The molecule has 0 saturated carbocycles. The number of carbonyl (C=O) groups is 1. The second kappa shape index (κ2) is 7.40. The maximum Gasteiger partial charge on any atom is 0.339 e. The Kier molecular flexibility index (Phi) is 5.29. The highest BCUT2D eigenvalue weighted by Gasteiger charge is 2.05. The minimum Gasteiger partial charge on any atom is -0.487 e. The fourth-order valence-corrected chi connectivity index (χ4v) is 1.86.